The van der Waals surface area contributed by atoms with E-state index in [-0.39, 0.29) is 23.9 Å². The van der Waals surface area contributed by atoms with Gasteiger partial charge in [-0.1, -0.05) is 78.9 Å². The second-order valence-corrected chi connectivity index (χ2v) is 9.42. The number of carbonyl (C=O) groups is 1. The minimum absolute atomic E-state index is 0.0356. The van der Waals surface area contributed by atoms with E-state index in [0.29, 0.717) is 18.4 Å². The molecule has 0 spiro atoms. The van der Waals surface area contributed by atoms with Crippen LogP contribution in [0.3, 0.4) is 0 Å². The van der Waals surface area contributed by atoms with Gasteiger partial charge in [-0.3, -0.25) is 9.59 Å². The van der Waals surface area contributed by atoms with Crippen molar-refractivity contribution in [3.8, 4) is 0 Å². The van der Waals surface area contributed by atoms with Crippen molar-refractivity contribution in [2.45, 2.75) is 38.3 Å². The summed E-state index contributed by atoms with van der Waals surface area (Å²) in [5.74, 6) is -0.0834. The molecule has 0 aliphatic carbocycles. The molecule has 1 aromatic heterocycles. The molecule has 0 bridgehead atoms. The van der Waals surface area contributed by atoms with Gasteiger partial charge in [0, 0.05) is 24.3 Å². The molecule has 4 aromatic rings. The first-order valence-electron chi connectivity index (χ1n) is 12.8. The molecule has 0 radical (unpaired) electrons. The number of fused-ring (bicyclic) bond motifs is 1. The molecule has 0 saturated carbocycles. The van der Waals surface area contributed by atoms with Gasteiger partial charge in [0.25, 0.3) is 5.56 Å². The number of aromatic nitrogens is 2. The number of carbonyl (C=O) groups excluding carboxylic acids is 1. The molecule has 6 nitrogen and oxygen atoms in total. The van der Waals surface area contributed by atoms with Crippen LogP contribution >= 0.6 is 0 Å². The SMILES string of the molecule is O=C(CC(c1ccccc1)c1ccccc1)NCc1nn(CCN2CCCC2)c(=O)c2ccccc12. The predicted octanol–water partition coefficient (Wildman–Crippen LogP) is 4.33. The van der Waals surface area contributed by atoms with Gasteiger partial charge < -0.3 is 10.2 Å². The van der Waals surface area contributed by atoms with Gasteiger partial charge in [0.1, 0.15) is 0 Å². The van der Waals surface area contributed by atoms with E-state index in [1.54, 1.807) is 4.68 Å². The van der Waals surface area contributed by atoms with Crippen LogP contribution in [0.1, 0.15) is 42.0 Å². The lowest BCUT2D eigenvalue weighted by Gasteiger charge is -2.18. The lowest BCUT2D eigenvalue weighted by molar-refractivity contribution is -0.121. The highest BCUT2D eigenvalue weighted by Gasteiger charge is 2.19. The Labute approximate surface area is 211 Å². The van der Waals surface area contributed by atoms with Gasteiger partial charge in [0.15, 0.2) is 0 Å². The molecule has 36 heavy (non-hydrogen) atoms. The van der Waals surface area contributed by atoms with E-state index in [4.69, 9.17) is 5.10 Å². The van der Waals surface area contributed by atoms with E-state index in [0.717, 1.165) is 41.8 Å². The molecule has 6 heteroatoms. The number of hydrogen-bond acceptors (Lipinski definition) is 4. The Hall–Kier alpha value is -3.77. The van der Waals surface area contributed by atoms with Gasteiger partial charge in [0.05, 0.1) is 24.2 Å². The van der Waals surface area contributed by atoms with Crippen molar-refractivity contribution in [2.24, 2.45) is 0 Å². The Kier molecular flexibility index (Phi) is 7.52. The quantitative estimate of drug-likeness (QED) is 0.387. The Balaban J connectivity index is 1.34. The molecule has 1 amide bonds. The van der Waals surface area contributed by atoms with E-state index in [1.165, 1.54) is 12.8 Å². The minimum Gasteiger partial charge on any atom is -0.350 e. The van der Waals surface area contributed by atoms with Crippen molar-refractivity contribution in [1.82, 2.24) is 20.0 Å². The third-order valence-corrected chi connectivity index (χ3v) is 7.02. The van der Waals surface area contributed by atoms with Crippen LogP contribution in [0.2, 0.25) is 0 Å². The average Bonchev–Trinajstić information content (AvgIpc) is 3.46. The number of amides is 1. The molecule has 1 fully saturated rings. The summed E-state index contributed by atoms with van der Waals surface area (Å²) in [5, 5.41) is 9.21. The fraction of sp³-hybridized carbons (Fsp3) is 0.300. The first-order chi connectivity index (χ1) is 17.7. The molecule has 5 rings (SSSR count). The van der Waals surface area contributed by atoms with Crippen LogP contribution in [0.5, 0.6) is 0 Å². The van der Waals surface area contributed by atoms with Crippen molar-refractivity contribution < 1.29 is 4.79 Å². The molecule has 0 atom stereocenters. The molecule has 0 unspecified atom stereocenters. The van der Waals surface area contributed by atoms with Crippen LogP contribution in [0.15, 0.2) is 89.7 Å². The van der Waals surface area contributed by atoms with Crippen LogP contribution in [-0.2, 0) is 17.9 Å². The highest BCUT2D eigenvalue weighted by molar-refractivity contribution is 5.84. The Morgan fingerprint density at radius 1 is 0.806 bits per heavy atom. The highest BCUT2D eigenvalue weighted by atomic mass is 16.1. The van der Waals surface area contributed by atoms with Gasteiger partial charge in [-0.25, -0.2) is 4.68 Å². The van der Waals surface area contributed by atoms with E-state index in [2.05, 4.69) is 34.5 Å². The molecule has 184 valence electrons. The van der Waals surface area contributed by atoms with E-state index >= 15 is 0 Å². The van der Waals surface area contributed by atoms with E-state index < -0.39 is 0 Å². The van der Waals surface area contributed by atoms with Crippen LogP contribution in [0, 0.1) is 0 Å². The second-order valence-electron chi connectivity index (χ2n) is 9.42. The summed E-state index contributed by atoms with van der Waals surface area (Å²) >= 11 is 0. The largest absolute Gasteiger partial charge is 0.350 e. The van der Waals surface area contributed by atoms with Gasteiger partial charge in [-0.15, -0.1) is 0 Å². The third-order valence-electron chi connectivity index (χ3n) is 7.02. The maximum Gasteiger partial charge on any atom is 0.274 e. The highest BCUT2D eigenvalue weighted by Crippen LogP contribution is 2.27. The predicted molar refractivity (Wildman–Crippen MR) is 143 cm³/mol. The van der Waals surface area contributed by atoms with Crippen LogP contribution in [0.25, 0.3) is 10.8 Å². The third kappa shape index (κ3) is 5.55. The zero-order valence-corrected chi connectivity index (χ0v) is 20.5. The summed E-state index contributed by atoms with van der Waals surface area (Å²) in [5.41, 5.74) is 2.86. The molecule has 1 aliphatic rings. The van der Waals surface area contributed by atoms with Gasteiger partial charge in [-0.2, -0.15) is 5.10 Å². The minimum atomic E-state index is -0.0758. The monoisotopic (exact) mass is 480 g/mol. The topological polar surface area (TPSA) is 67.2 Å². The van der Waals surface area contributed by atoms with E-state index in [9.17, 15) is 9.59 Å². The smallest absolute Gasteiger partial charge is 0.274 e. The molecule has 1 saturated heterocycles. The fourth-order valence-corrected chi connectivity index (χ4v) is 5.07. The van der Waals surface area contributed by atoms with Gasteiger partial charge >= 0.3 is 0 Å². The average molecular weight is 481 g/mol. The first-order valence-corrected chi connectivity index (χ1v) is 12.8. The summed E-state index contributed by atoms with van der Waals surface area (Å²) in [7, 11) is 0. The molecule has 2 heterocycles. The summed E-state index contributed by atoms with van der Waals surface area (Å²) in [6.07, 6.45) is 2.76. The number of rotatable bonds is 9. The number of benzene rings is 3. The van der Waals surface area contributed by atoms with Crippen molar-refractivity contribution in [3.05, 3.63) is 112 Å². The van der Waals surface area contributed by atoms with Crippen LogP contribution in [-0.4, -0.2) is 40.2 Å². The Bertz CT molecular complexity index is 1320. The van der Waals surface area contributed by atoms with Crippen molar-refractivity contribution in [3.63, 3.8) is 0 Å². The first kappa shape index (κ1) is 23.9. The number of nitrogens with zero attached hydrogens (tertiary/aromatic N) is 3. The molecular formula is C30H32N4O2. The lowest BCUT2D eigenvalue weighted by atomic mass is 9.88. The number of nitrogens with one attached hydrogen (secondary N) is 1. The number of likely N-dealkylation sites (tertiary alicyclic amines) is 1. The van der Waals surface area contributed by atoms with Crippen molar-refractivity contribution >= 4 is 16.7 Å². The summed E-state index contributed by atoms with van der Waals surface area (Å²) in [6, 6.07) is 27.8. The van der Waals surface area contributed by atoms with Crippen molar-refractivity contribution in [1.29, 1.82) is 0 Å². The molecule has 3 aromatic carbocycles. The van der Waals surface area contributed by atoms with Gasteiger partial charge in [0.2, 0.25) is 5.91 Å². The van der Waals surface area contributed by atoms with Crippen molar-refractivity contribution in [2.75, 3.05) is 19.6 Å². The second kappa shape index (κ2) is 11.3. The fourth-order valence-electron chi connectivity index (χ4n) is 5.07. The van der Waals surface area contributed by atoms with Crippen LogP contribution in [0.4, 0.5) is 0 Å². The molecule has 1 aliphatic heterocycles. The standard InChI is InChI=1S/C30H32N4O2/c35-29(21-27(23-11-3-1-4-12-23)24-13-5-2-6-14-24)31-22-28-25-15-7-8-16-26(25)30(36)34(32-28)20-19-33-17-9-10-18-33/h1-8,11-16,27H,9-10,17-22H2,(H,31,35). The maximum atomic E-state index is 13.1. The van der Waals surface area contributed by atoms with E-state index in [1.807, 2.05) is 60.7 Å². The normalized spacial score (nSPS) is 13.9. The number of hydrogen-bond donors (Lipinski definition) is 1. The zero-order chi connectivity index (χ0) is 24.7. The Morgan fingerprint density at radius 2 is 1.39 bits per heavy atom. The Morgan fingerprint density at radius 3 is 2.03 bits per heavy atom. The lowest BCUT2D eigenvalue weighted by Crippen LogP contribution is -2.33. The van der Waals surface area contributed by atoms with Gasteiger partial charge in [-0.05, 0) is 43.1 Å². The maximum absolute atomic E-state index is 13.1. The summed E-state index contributed by atoms with van der Waals surface area (Å²) in [6.45, 7) is 3.80. The summed E-state index contributed by atoms with van der Waals surface area (Å²) < 4.78 is 1.57. The molecular weight excluding hydrogens is 448 g/mol. The van der Waals surface area contributed by atoms with Crippen LogP contribution < -0.4 is 10.9 Å². The molecule has 1 N–H and O–H groups in total. The zero-order valence-electron chi connectivity index (χ0n) is 20.5. The summed E-state index contributed by atoms with van der Waals surface area (Å²) in [4.78, 5) is 28.6.